The fourth-order valence-corrected chi connectivity index (χ4v) is 2.53. The lowest BCUT2D eigenvalue weighted by Gasteiger charge is -2.10. The molecule has 120 valence electrons. The summed E-state index contributed by atoms with van der Waals surface area (Å²) in [7, 11) is 0. The first kappa shape index (κ1) is 18.3. The third kappa shape index (κ3) is 4.12. The van der Waals surface area contributed by atoms with E-state index in [2.05, 4.69) is 9.88 Å². The predicted molar refractivity (Wildman–Crippen MR) is 93.1 cm³/mol. The first-order valence-corrected chi connectivity index (χ1v) is 7.37. The van der Waals surface area contributed by atoms with Crippen LogP contribution in [0.4, 0.5) is 0 Å². The van der Waals surface area contributed by atoms with Crippen LogP contribution in [0.5, 0.6) is 0 Å². The van der Waals surface area contributed by atoms with Crippen LogP contribution in [0.1, 0.15) is 34.6 Å². The fraction of sp³-hybridized carbons (Fsp3) is 0.353. The number of aryl methyl sites for hydroxylation is 1. The second kappa shape index (κ2) is 8.61. The monoisotopic (exact) mass is 321 g/mol. The van der Waals surface area contributed by atoms with Crippen LogP contribution >= 0.6 is 12.4 Å². The zero-order valence-corrected chi connectivity index (χ0v) is 14.0. The summed E-state index contributed by atoms with van der Waals surface area (Å²) in [6.07, 6.45) is 1.85. The van der Waals surface area contributed by atoms with Gasteiger partial charge in [-0.05, 0) is 51.4 Å². The Bertz CT molecular complexity index is 608. The van der Waals surface area contributed by atoms with Crippen molar-refractivity contribution in [2.45, 2.75) is 26.7 Å². The molecule has 3 N–H and O–H groups in total. The Hall–Kier alpha value is -1.78. The van der Waals surface area contributed by atoms with E-state index in [-0.39, 0.29) is 18.3 Å². The van der Waals surface area contributed by atoms with E-state index in [1.165, 1.54) is 0 Å². The van der Waals surface area contributed by atoms with Crippen LogP contribution in [0.2, 0.25) is 0 Å². The molecule has 1 heterocycles. The summed E-state index contributed by atoms with van der Waals surface area (Å²) < 4.78 is 2.11. The van der Waals surface area contributed by atoms with E-state index in [9.17, 15) is 4.79 Å². The molecule has 1 aromatic carbocycles. The van der Waals surface area contributed by atoms with Crippen molar-refractivity contribution in [1.29, 1.82) is 0 Å². The molecule has 0 radical (unpaired) electrons. The summed E-state index contributed by atoms with van der Waals surface area (Å²) in [5.74, 6) is -0.0118. The molecule has 0 saturated heterocycles. The van der Waals surface area contributed by atoms with Crippen molar-refractivity contribution in [2.24, 2.45) is 5.73 Å². The molecule has 0 atom stereocenters. The van der Waals surface area contributed by atoms with Crippen LogP contribution in [0.25, 0.3) is 5.69 Å². The minimum Gasteiger partial charge on any atom is -0.352 e. The topological polar surface area (TPSA) is 60.1 Å². The lowest BCUT2D eigenvalue weighted by atomic mass is 10.2. The number of rotatable bonds is 6. The smallest absolute Gasteiger partial charge is 0.253 e. The number of amides is 1. The lowest BCUT2D eigenvalue weighted by Crippen LogP contribution is -2.25. The Balaban J connectivity index is 0.00000242. The molecule has 1 aromatic heterocycles. The minimum atomic E-state index is -0.0118. The molecule has 1 amide bonds. The van der Waals surface area contributed by atoms with Crippen LogP contribution < -0.4 is 11.1 Å². The van der Waals surface area contributed by atoms with Gasteiger partial charge in [0.15, 0.2) is 0 Å². The highest BCUT2D eigenvalue weighted by Crippen LogP contribution is 2.20. The third-order valence-corrected chi connectivity index (χ3v) is 3.61. The maximum absolute atomic E-state index is 12.3. The van der Waals surface area contributed by atoms with Gasteiger partial charge in [0.05, 0.1) is 5.56 Å². The number of carbonyl (C=O) groups excluding carboxylic acids is 1. The number of aromatic nitrogens is 1. The van der Waals surface area contributed by atoms with Crippen LogP contribution in [-0.2, 0) is 0 Å². The van der Waals surface area contributed by atoms with Crippen molar-refractivity contribution in [3.63, 3.8) is 0 Å². The molecule has 0 bridgehead atoms. The van der Waals surface area contributed by atoms with Crippen molar-refractivity contribution >= 4 is 18.3 Å². The van der Waals surface area contributed by atoms with Gasteiger partial charge in [0.2, 0.25) is 0 Å². The number of unbranched alkanes of at least 4 members (excludes halogenated alkanes) is 1. The van der Waals surface area contributed by atoms with Gasteiger partial charge in [0.25, 0.3) is 5.91 Å². The molecule has 0 aliphatic carbocycles. The standard InChI is InChI=1S/C17H23N3O.ClH/c1-13-12-16(17(21)19-11-7-6-10-18)14(2)20(13)15-8-4-3-5-9-15;/h3-5,8-9,12H,6-7,10-11,18H2,1-2H3,(H,19,21);1H. The Morgan fingerprint density at radius 2 is 1.86 bits per heavy atom. The number of para-hydroxylation sites is 1. The molecular formula is C17H24ClN3O. The van der Waals surface area contributed by atoms with Crippen LogP contribution in [0.15, 0.2) is 36.4 Å². The van der Waals surface area contributed by atoms with Crippen molar-refractivity contribution < 1.29 is 4.79 Å². The van der Waals surface area contributed by atoms with Gasteiger partial charge < -0.3 is 15.6 Å². The largest absolute Gasteiger partial charge is 0.352 e. The van der Waals surface area contributed by atoms with E-state index in [4.69, 9.17) is 5.73 Å². The van der Waals surface area contributed by atoms with Crippen LogP contribution in [0, 0.1) is 13.8 Å². The number of nitrogens with one attached hydrogen (secondary N) is 1. The maximum Gasteiger partial charge on any atom is 0.253 e. The average Bonchev–Trinajstić information content (AvgIpc) is 2.79. The predicted octanol–water partition coefficient (Wildman–Crippen LogP) is 2.98. The van der Waals surface area contributed by atoms with E-state index in [0.29, 0.717) is 13.1 Å². The maximum atomic E-state index is 12.3. The number of halogens is 1. The van der Waals surface area contributed by atoms with Gasteiger partial charge in [-0.1, -0.05) is 18.2 Å². The van der Waals surface area contributed by atoms with E-state index in [0.717, 1.165) is 35.5 Å². The Morgan fingerprint density at radius 3 is 2.50 bits per heavy atom. The van der Waals surface area contributed by atoms with Gasteiger partial charge in [-0.3, -0.25) is 4.79 Å². The number of hydrogen-bond acceptors (Lipinski definition) is 2. The van der Waals surface area contributed by atoms with Crippen LogP contribution in [-0.4, -0.2) is 23.6 Å². The van der Waals surface area contributed by atoms with Gasteiger partial charge in [-0.2, -0.15) is 0 Å². The number of benzene rings is 1. The molecule has 4 nitrogen and oxygen atoms in total. The Labute approximate surface area is 138 Å². The van der Waals surface area contributed by atoms with Crippen molar-refractivity contribution in [2.75, 3.05) is 13.1 Å². The molecular weight excluding hydrogens is 298 g/mol. The van der Waals surface area contributed by atoms with E-state index >= 15 is 0 Å². The van der Waals surface area contributed by atoms with E-state index in [1.807, 2.05) is 50.2 Å². The number of nitrogens with two attached hydrogens (primary N) is 1. The fourth-order valence-electron chi connectivity index (χ4n) is 2.53. The molecule has 2 rings (SSSR count). The minimum absolute atomic E-state index is 0. The van der Waals surface area contributed by atoms with Gasteiger partial charge in [-0.25, -0.2) is 0 Å². The summed E-state index contributed by atoms with van der Waals surface area (Å²) in [5, 5.41) is 2.96. The molecule has 2 aromatic rings. The SMILES string of the molecule is Cc1cc(C(=O)NCCCCN)c(C)n1-c1ccccc1.Cl. The molecule has 0 aliphatic heterocycles. The summed E-state index contributed by atoms with van der Waals surface area (Å²) in [5.41, 5.74) is 9.30. The second-order valence-corrected chi connectivity index (χ2v) is 5.21. The number of nitrogens with zero attached hydrogens (tertiary/aromatic N) is 1. The lowest BCUT2D eigenvalue weighted by molar-refractivity contribution is 0.0952. The molecule has 0 fully saturated rings. The molecule has 0 spiro atoms. The first-order chi connectivity index (χ1) is 10.1. The molecule has 0 aliphatic rings. The van der Waals surface area contributed by atoms with Crippen molar-refractivity contribution in [3.05, 3.63) is 53.3 Å². The summed E-state index contributed by atoms with van der Waals surface area (Å²) in [6, 6.07) is 12.0. The molecule has 0 unspecified atom stereocenters. The first-order valence-electron chi connectivity index (χ1n) is 7.37. The van der Waals surface area contributed by atoms with Gasteiger partial charge in [-0.15, -0.1) is 12.4 Å². The van der Waals surface area contributed by atoms with Crippen molar-refractivity contribution in [1.82, 2.24) is 9.88 Å². The highest BCUT2D eigenvalue weighted by Gasteiger charge is 2.15. The average molecular weight is 322 g/mol. The van der Waals surface area contributed by atoms with E-state index in [1.54, 1.807) is 0 Å². The number of carbonyl (C=O) groups is 1. The molecule has 22 heavy (non-hydrogen) atoms. The zero-order valence-electron chi connectivity index (χ0n) is 13.1. The normalized spacial score (nSPS) is 10.1. The van der Waals surface area contributed by atoms with E-state index < -0.39 is 0 Å². The highest BCUT2D eigenvalue weighted by atomic mass is 35.5. The quantitative estimate of drug-likeness (QED) is 0.803. The summed E-state index contributed by atoms with van der Waals surface area (Å²) in [6.45, 7) is 5.34. The van der Waals surface area contributed by atoms with Gasteiger partial charge >= 0.3 is 0 Å². The summed E-state index contributed by atoms with van der Waals surface area (Å²) in [4.78, 5) is 12.3. The molecule has 5 heteroatoms. The summed E-state index contributed by atoms with van der Waals surface area (Å²) >= 11 is 0. The Kier molecular flexibility index (Phi) is 7.15. The van der Waals surface area contributed by atoms with Gasteiger partial charge in [0, 0.05) is 23.6 Å². The highest BCUT2D eigenvalue weighted by molar-refractivity contribution is 5.95. The molecule has 0 saturated carbocycles. The van der Waals surface area contributed by atoms with Crippen LogP contribution in [0.3, 0.4) is 0 Å². The number of hydrogen-bond donors (Lipinski definition) is 2. The third-order valence-electron chi connectivity index (χ3n) is 3.61. The van der Waals surface area contributed by atoms with Crippen molar-refractivity contribution in [3.8, 4) is 5.69 Å². The zero-order chi connectivity index (χ0) is 15.2. The van der Waals surface area contributed by atoms with Gasteiger partial charge in [0.1, 0.15) is 0 Å². The Morgan fingerprint density at radius 1 is 1.18 bits per heavy atom. The second-order valence-electron chi connectivity index (χ2n) is 5.21.